The number of methoxy groups -OCH3 is 1. The van der Waals surface area contributed by atoms with Crippen LogP contribution in [0.4, 0.5) is 0 Å². The third-order valence-corrected chi connectivity index (χ3v) is 5.48. The van der Waals surface area contributed by atoms with E-state index in [-0.39, 0.29) is 22.6 Å². The second-order valence-corrected chi connectivity index (χ2v) is 8.38. The van der Waals surface area contributed by atoms with Crippen LogP contribution in [-0.4, -0.2) is 38.2 Å². The molecule has 0 aliphatic carbocycles. The van der Waals surface area contributed by atoms with Crippen LogP contribution in [0.15, 0.2) is 66.7 Å². The molecule has 0 bridgehead atoms. The second kappa shape index (κ2) is 14.4. The van der Waals surface area contributed by atoms with Crippen molar-refractivity contribution in [1.82, 2.24) is 0 Å². The van der Waals surface area contributed by atoms with Gasteiger partial charge in [0, 0.05) is 0 Å². The average molecular weight is 521 g/mol. The van der Waals surface area contributed by atoms with Crippen molar-refractivity contribution in [2.75, 3.05) is 20.3 Å². The first-order valence-electron chi connectivity index (χ1n) is 12.6. The van der Waals surface area contributed by atoms with Crippen LogP contribution in [-0.2, 0) is 4.74 Å². The van der Waals surface area contributed by atoms with Crippen LogP contribution < -0.4 is 18.9 Å². The fourth-order valence-electron chi connectivity index (χ4n) is 3.30. The molecule has 3 aromatic carbocycles. The molecule has 3 rings (SSSR count). The number of hydrogen-bond acceptors (Lipinski definition) is 8. The van der Waals surface area contributed by atoms with Crippen LogP contribution in [0.2, 0.25) is 0 Å². The van der Waals surface area contributed by atoms with Crippen LogP contribution in [0.25, 0.3) is 0 Å². The molecule has 8 nitrogen and oxygen atoms in total. The van der Waals surface area contributed by atoms with Gasteiger partial charge in [0.05, 0.1) is 31.5 Å². The van der Waals surface area contributed by atoms with E-state index in [9.17, 15) is 14.4 Å². The molecule has 3 aromatic rings. The first-order valence-corrected chi connectivity index (χ1v) is 12.6. The van der Waals surface area contributed by atoms with Crippen molar-refractivity contribution in [2.24, 2.45) is 0 Å². The highest BCUT2D eigenvalue weighted by Crippen LogP contribution is 2.27. The molecule has 0 N–H and O–H groups in total. The third-order valence-electron chi connectivity index (χ3n) is 5.48. The van der Waals surface area contributed by atoms with E-state index in [1.807, 2.05) is 0 Å². The van der Waals surface area contributed by atoms with Crippen molar-refractivity contribution in [3.8, 4) is 23.0 Å². The second-order valence-electron chi connectivity index (χ2n) is 8.38. The summed E-state index contributed by atoms with van der Waals surface area (Å²) in [5.41, 5.74) is 0.525. The van der Waals surface area contributed by atoms with E-state index in [4.69, 9.17) is 23.7 Å². The van der Waals surface area contributed by atoms with Crippen molar-refractivity contribution in [3.05, 3.63) is 83.4 Å². The third kappa shape index (κ3) is 8.09. The SMILES string of the molecule is CCCCOc1ccc(C(=O)Oc2ccc(OC(=O)c3ccc(OCCCC)cc3)c(C(=O)OC)c2)cc1. The largest absolute Gasteiger partial charge is 0.494 e. The highest BCUT2D eigenvalue weighted by molar-refractivity contribution is 5.97. The maximum atomic E-state index is 12.7. The lowest BCUT2D eigenvalue weighted by molar-refractivity contribution is 0.0589. The monoisotopic (exact) mass is 520 g/mol. The van der Waals surface area contributed by atoms with Crippen molar-refractivity contribution < 1.29 is 38.1 Å². The van der Waals surface area contributed by atoms with Gasteiger partial charge in [0.15, 0.2) is 0 Å². The maximum absolute atomic E-state index is 12.7. The van der Waals surface area contributed by atoms with Crippen molar-refractivity contribution in [3.63, 3.8) is 0 Å². The molecule has 0 unspecified atom stereocenters. The number of carbonyl (C=O) groups excluding carboxylic acids is 3. The Labute approximate surface area is 222 Å². The van der Waals surface area contributed by atoms with Crippen molar-refractivity contribution in [2.45, 2.75) is 39.5 Å². The molecule has 200 valence electrons. The summed E-state index contributed by atoms with van der Waals surface area (Å²) >= 11 is 0. The smallest absolute Gasteiger partial charge is 0.343 e. The Morgan fingerprint density at radius 2 is 1.08 bits per heavy atom. The Kier molecular flexibility index (Phi) is 10.7. The minimum absolute atomic E-state index is 0.0292. The number of ether oxygens (including phenoxy) is 5. The van der Waals surface area contributed by atoms with Gasteiger partial charge in [0.2, 0.25) is 0 Å². The molecule has 0 aliphatic heterocycles. The van der Waals surface area contributed by atoms with Gasteiger partial charge in [-0.2, -0.15) is 0 Å². The maximum Gasteiger partial charge on any atom is 0.343 e. The molecule has 0 aromatic heterocycles. The zero-order chi connectivity index (χ0) is 27.3. The van der Waals surface area contributed by atoms with Crippen LogP contribution >= 0.6 is 0 Å². The summed E-state index contributed by atoms with van der Waals surface area (Å²) in [5.74, 6) is -0.666. The van der Waals surface area contributed by atoms with E-state index < -0.39 is 17.9 Å². The van der Waals surface area contributed by atoms with E-state index in [1.54, 1.807) is 48.5 Å². The van der Waals surface area contributed by atoms with Gasteiger partial charge in [-0.25, -0.2) is 14.4 Å². The zero-order valence-electron chi connectivity index (χ0n) is 21.9. The lowest BCUT2D eigenvalue weighted by Crippen LogP contribution is -2.13. The Bertz CT molecular complexity index is 1220. The van der Waals surface area contributed by atoms with Crippen LogP contribution in [0.1, 0.15) is 70.6 Å². The predicted octanol–water partition coefficient (Wildman–Crippen LogP) is 6.27. The summed E-state index contributed by atoms with van der Waals surface area (Å²) in [4.78, 5) is 37.7. The summed E-state index contributed by atoms with van der Waals surface area (Å²) in [7, 11) is 1.20. The summed E-state index contributed by atoms with van der Waals surface area (Å²) in [6.07, 6.45) is 3.92. The quantitative estimate of drug-likeness (QED) is 0.148. The van der Waals surface area contributed by atoms with Gasteiger partial charge in [-0.3, -0.25) is 0 Å². The van der Waals surface area contributed by atoms with Crippen molar-refractivity contribution >= 4 is 17.9 Å². The van der Waals surface area contributed by atoms with E-state index in [1.165, 1.54) is 25.3 Å². The first-order chi connectivity index (χ1) is 18.4. The first kappa shape index (κ1) is 28.2. The molecule has 0 radical (unpaired) electrons. The van der Waals surface area contributed by atoms with E-state index in [0.29, 0.717) is 30.3 Å². The van der Waals surface area contributed by atoms with Gasteiger partial charge in [0.1, 0.15) is 28.6 Å². The average Bonchev–Trinajstić information content (AvgIpc) is 2.94. The van der Waals surface area contributed by atoms with Crippen LogP contribution in [0.3, 0.4) is 0 Å². The number of rotatable bonds is 13. The number of hydrogen-bond donors (Lipinski definition) is 0. The van der Waals surface area contributed by atoms with Gasteiger partial charge in [0.25, 0.3) is 0 Å². The molecule has 0 saturated heterocycles. The minimum Gasteiger partial charge on any atom is -0.494 e. The summed E-state index contributed by atoms with van der Waals surface area (Å²) in [6.45, 7) is 5.35. The Balaban J connectivity index is 1.69. The summed E-state index contributed by atoms with van der Waals surface area (Å²) < 4.78 is 26.9. The molecular weight excluding hydrogens is 488 g/mol. The molecular formula is C30H32O8. The van der Waals surface area contributed by atoms with E-state index in [2.05, 4.69) is 13.8 Å². The van der Waals surface area contributed by atoms with Gasteiger partial charge >= 0.3 is 17.9 Å². The number of esters is 3. The normalized spacial score (nSPS) is 10.4. The summed E-state index contributed by atoms with van der Waals surface area (Å²) in [6, 6.07) is 17.2. The molecule has 38 heavy (non-hydrogen) atoms. The number of unbranched alkanes of at least 4 members (excludes halogenated alkanes) is 2. The van der Waals surface area contributed by atoms with Gasteiger partial charge in [-0.05, 0) is 79.6 Å². The van der Waals surface area contributed by atoms with Crippen molar-refractivity contribution in [1.29, 1.82) is 0 Å². The standard InChI is InChI=1S/C30H32O8/c1-4-6-18-35-23-12-8-21(9-13-23)28(31)37-25-16-17-27(26(20-25)30(33)34-3)38-29(32)22-10-14-24(15-11-22)36-19-7-5-2/h8-17,20H,4-7,18-19H2,1-3H3. The molecule has 0 spiro atoms. The molecule has 0 saturated carbocycles. The van der Waals surface area contributed by atoms with Gasteiger partial charge < -0.3 is 23.7 Å². The number of benzene rings is 3. The molecule has 0 fully saturated rings. The minimum atomic E-state index is -0.751. The molecule has 0 atom stereocenters. The topological polar surface area (TPSA) is 97.4 Å². The van der Waals surface area contributed by atoms with Crippen LogP contribution in [0, 0.1) is 0 Å². The molecule has 8 heteroatoms. The highest BCUT2D eigenvalue weighted by atomic mass is 16.6. The highest BCUT2D eigenvalue weighted by Gasteiger charge is 2.20. The predicted molar refractivity (Wildman–Crippen MR) is 141 cm³/mol. The van der Waals surface area contributed by atoms with E-state index in [0.717, 1.165) is 25.7 Å². The van der Waals surface area contributed by atoms with E-state index >= 15 is 0 Å². The zero-order valence-corrected chi connectivity index (χ0v) is 21.9. The Hall–Kier alpha value is -4.33. The lowest BCUT2D eigenvalue weighted by Gasteiger charge is -2.12. The Morgan fingerprint density at radius 1 is 0.605 bits per heavy atom. The number of carbonyl (C=O) groups is 3. The molecule has 0 heterocycles. The summed E-state index contributed by atoms with van der Waals surface area (Å²) in [5, 5.41) is 0. The molecule has 0 aliphatic rings. The lowest BCUT2D eigenvalue weighted by atomic mass is 10.1. The molecule has 0 amide bonds. The van der Waals surface area contributed by atoms with Gasteiger partial charge in [-0.15, -0.1) is 0 Å². The van der Waals surface area contributed by atoms with Gasteiger partial charge in [-0.1, -0.05) is 26.7 Å². The Morgan fingerprint density at radius 3 is 1.55 bits per heavy atom. The fraction of sp³-hybridized carbons (Fsp3) is 0.300. The van der Waals surface area contributed by atoms with Crippen LogP contribution in [0.5, 0.6) is 23.0 Å². The fourth-order valence-corrected chi connectivity index (χ4v) is 3.30.